The van der Waals surface area contributed by atoms with Gasteiger partial charge in [-0.3, -0.25) is 4.79 Å². The largest absolute Gasteiger partial charge is 0.490 e. The summed E-state index contributed by atoms with van der Waals surface area (Å²) < 4.78 is 74.8. The lowest BCUT2D eigenvalue weighted by molar-refractivity contribution is -0.192. The topological polar surface area (TPSA) is 102 Å². The molecule has 1 aliphatic carbocycles. The number of alkyl halides is 3. The second kappa shape index (κ2) is 9.78. The van der Waals surface area contributed by atoms with Gasteiger partial charge in [0.05, 0.1) is 29.6 Å². The number of carboxylic acids is 1. The number of pyridine rings is 1. The second-order valence-corrected chi connectivity index (χ2v) is 10.3. The van der Waals surface area contributed by atoms with Crippen molar-refractivity contribution in [1.82, 2.24) is 9.38 Å². The Morgan fingerprint density at radius 3 is 2.36 bits per heavy atom. The van der Waals surface area contributed by atoms with Crippen molar-refractivity contribution < 1.29 is 46.1 Å². The number of aryl methyl sites for hydroxylation is 1. The number of nitrogens with one attached hydrogen (secondary N) is 1. The van der Waals surface area contributed by atoms with E-state index in [1.807, 2.05) is 0 Å². The van der Waals surface area contributed by atoms with Crippen LogP contribution in [0.1, 0.15) is 55.2 Å². The van der Waals surface area contributed by atoms with Crippen molar-refractivity contribution in [3.8, 4) is 5.75 Å². The van der Waals surface area contributed by atoms with Crippen LogP contribution in [0.3, 0.4) is 0 Å². The summed E-state index contributed by atoms with van der Waals surface area (Å²) in [5.41, 5.74) is 0.876. The first kappa shape index (κ1) is 28.3. The van der Waals surface area contributed by atoms with Crippen molar-refractivity contribution in [3.63, 3.8) is 0 Å². The first-order chi connectivity index (χ1) is 18.0. The molecule has 2 N–H and O–H groups in total. The second-order valence-electron chi connectivity index (χ2n) is 10.3. The zero-order chi connectivity index (χ0) is 28.9. The number of amides is 1. The third-order valence-corrected chi connectivity index (χ3v) is 6.59. The van der Waals surface area contributed by atoms with Crippen LogP contribution in [0.15, 0.2) is 30.6 Å². The third-order valence-electron chi connectivity index (χ3n) is 6.59. The molecule has 1 amide bonds. The number of carboxylic acid groups (broad SMARTS) is 1. The highest BCUT2D eigenvalue weighted by Gasteiger charge is 2.61. The van der Waals surface area contributed by atoms with Crippen LogP contribution in [0.25, 0.3) is 5.65 Å². The molecule has 39 heavy (non-hydrogen) atoms. The highest BCUT2D eigenvalue weighted by Crippen LogP contribution is 2.58. The van der Waals surface area contributed by atoms with Gasteiger partial charge in [0.15, 0.2) is 11.4 Å². The molecule has 2 bridgehead atoms. The summed E-state index contributed by atoms with van der Waals surface area (Å²) in [4.78, 5) is 26.3. The van der Waals surface area contributed by atoms with Crippen LogP contribution in [-0.4, -0.2) is 50.9 Å². The number of halogens is 5. The van der Waals surface area contributed by atoms with Gasteiger partial charge < -0.3 is 24.3 Å². The Kier molecular flexibility index (Phi) is 7.09. The van der Waals surface area contributed by atoms with E-state index in [0.29, 0.717) is 12.2 Å². The summed E-state index contributed by atoms with van der Waals surface area (Å²) in [5, 5.41) is 9.75. The van der Waals surface area contributed by atoms with Crippen LogP contribution in [0.5, 0.6) is 5.75 Å². The van der Waals surface area contributed by atoms with Gasteiger partial charge in [-0.2, -0.15) is 17.6 Å². The van der Waals surface area contributed by atoms with Gasteiger partial charge in [-0.15, -0.1) is 0 Å². The number of carbonyl (C=O) groups is 2. The van der Waals surface area contributed by atoms with Crippen molar-refractivity contribution >= 4 is 23.2 Å². The number of rotatable bonds is 5. The molecular formula is C26H26F5N3O5. The smallest absolute Gasteiger partial charge is 0.486 e. The first-order valence-corrected chi connectivity index (χ1v) is 11.9. The molecule has 4 heterocycles. The highest BCUT2D eigenvalue weighted by atomic mass is 19.4. The molecule has 0 unspecified atom stereocenters. The van der Waals surface area contributed by atoms with Gasteiger partial charge in [-0.05, 0) is 52.2 Å². The predicted octanol–water partition coefficient (Wildman–Crippen LogP) is 5.41. The minimum atomic E-state index is -5.08. The van der Waals surface area contributed by atoms with E-state index in [4.69, 9.17) is 19.4 Å². The molecule has 0 radical (unpaired) electrons. The average Bonchev–Trinajstić information content (AvgIpc) is 3.49. The number of aromatic nitrogens is 2. The number of hydrogen-bond acceptors (Lipinski definition) is 5. The summed E-state index contributed by atoms with van der Waals surface area (Å²) in [6.45, 7) is 7.73. The molecule has 1 saturated carbocycles. The maximum absolute atomic E-state index is 15.5. The van der Waals surface area contributed by atoms with E-state index in [1.54, 1.807) is 49.7 Å². The SMILES string of the molecule is Cc1cccc(C(=O)Nc2cn3cc(C45COC(C)(C4)C5)nc3c(F)c2OC(C)C)c1F.O=C(O)C(F)(F)F. The van der Waals surface area contributed by atoms with Crippen LogP contribution < -0.4 is 10.1 Å². The Balaban J connectivity index is 0.000000448. The average molecular weight is 556 g/mol. The summed E-state index contributed by atoms with van der Waals surface area (Å²) in [5.74, 6) is -4.85. The fourth-order valence-corrected chi connectivity index (χ4v) is 4.93. The molecule has 2 saturated heterocycles. The molecule has 3 aliphatic rings. The quantitative estimate of drug-likeness (QED) is 0.408. The van der Waals surface area contributed by atoms with Crippen molar-refractivity contribution in [2.75, 3.05) is 11.9 Å². The molecule has 6 rings (SSSR count). The number of fused-ring (bicyclic) bond motifs is 2. The fraction of sp³-hybridized carbons (Fsp3) is 0.423. The monoisotopic (exact) mass is 555 g/mol. The van der Waals surface area contributed by atoms with E-state index in [2.05, 4.69) is 17.2 Å². The normalized spacial score (nSPS) is 21.8. The van der Waals surface area contributed by atoms with Gasteiger partial charge in [0.25, 0.3) is 5.91 Å². The summed E-state index contributed by atoms with van der Waals surface area (Å²) >= 11 is 0. The van der Waals surface area contributed by atoms with Crippen molar-refractivity contribution in [2.45, 2.75) is 63.8 Å². The van der Waals surface area contributed by atoms with Crippen molar-refractivity contribution in [3.05, 3.63) is 59.0 Å². The maximum atomic E-state index is 15.5. The lowest BCUT2D eigenvalue weighted by Crippen LogP contribution is -2.45. The Bertz CT molecular complexity index is 1440. The molecule has 2 aliphatic heterocycles. The Morgan fingerprint density at radius 1 is 1.18 bits per heavy atom. The minimum absolute atomic E-state index is 0.108. The lowest BCUT2D eigenvalue weighted by atomic mass is 9.62. The van der Waals surface area contributed by atoms with E-state index in [1.165, 1.54) is 6.07 Å². The van der Waals surface area contributed by atoms with Gasteiger partial charge in [0, 0.05) is 17.8 Å². The zero-order valence-electron chi connectivity index (χ0n) is 21.4. The number of hydrogen-bond donors (Lipinski definition) is 2. The molecule has 1 aromatic carbocycles. The van der Waals surface area contributed by atoms with Crippen molar-refractivity contribution in [2.24, 2.45) is 0 Å². The van der Waals surface area contributed by atoms with Gasteiger partial charge in [0.1, 0.15) is 11.5 Å². The Hall–Kier alpha value is -3.74. The first-order valence-electron chi connectivity index (χ1n) is 11.9. The molecule has 0 atom stereocenters. The molecule has 3 fully saturated rings. The van der Waals surface area contributed by atoms with E-state index < -0.39 is 29.7 Å². The van der Waals surface area contributed by atoms with Gasteiger partial charge in [0.2, 0.25) is 5.82 Å². The molecule has 3 aromatic rings. The maximum Gasteiger partial charge on any atom is 0.490 e. The van der Waals surface area contributed by atoms with Gasteiger partial charge in [-0.1, -0.05) is 12.1 Å². The summed E-state index contributed by atoms with van der Waals surface area (Å²) in [7, 11) is 0. The van der Waals surface area contributed by atoms with E-state index in [9.17, 15) is 22.4 Å². The molecular weight excluding hydrogens is 529 g/mol. The van der Waals surface area contributed by atoms with E-state index in [0.717, 1.165) is 18.5 Å². The van der Waals surface area contributed by atoms with Gasteiger partial charge in [-0.25, -0.2) is 14.2 Å². The number of ether oxygens (including phenoxy) is 2. The van der Waals surface area contributed by atoms with E-state index >= 15 is 4.39 Å². The number of aliphatic carboxylic acids is 1. The van der Waals surface area contributed by atoms with Crippen LogP contribution in [0, 0.1) is 18.6 Å². The predicted molar refractivity (Wildman–Crippen MR) is 129 cm³/mol. The highest BCUT2D eigenvalue weighted by molar-refractivity contribution is 6.05. The van der Waals surface area contributed by atoms with Crippen LogP contribution in [0.4, 0.5) is 27.6 Å². The zero-order valence-corrected chi connectivity index (χ0v) is 21.4. The summed E-state index contributed by atoms with van der Waals surface area (Å²) in [6, 6.07) is 4.56. The number of imidazole rings is 1. The van der Waals surface area contributed by atoms with E-state index in [-0.39, 0.29) is 39.8 Å². The van der Waals surface area contributed by atoms with Gasteiger partial charge >= 0.3 is 12.1 Å². The Labute approximate surface area is 219 Å². The lowest BCUT2D eigenvalue weighted by Gasteiger charge is -2.41. The van der Waals surface area contributed by atoms with Crippen molar-refractivity contribution in [1.29, 1.82) is 0 Å². The van der Waals surface area contributed by atoms with Crippen LogP contribution >= 0.6 is 0 Å². The number of anilines is 1. The molecule has 13 heteroatoms. The molecule has 210 valence electrons. The Morgan fingerprint density at radius 2 is 1.82 bits per heavy atom. The van der Waals surface area contributed by atoms with Crippen LogP contribution in [0.2, 0.25) is 0 Å². The number of carbonyl (C=O) groups excluding carboxylic acids is 1. The fourth-order valence-electron chi connectivity index (χ4n) is 4.93. The number of nitrogens with zero attached hydrogens (tertiary/aromatic N) is 2. The molecule has 8 nitrogen and oxygen atoms in total. The minimum Gasteiger partial charge on any atom is -0.486 e. The summed E-state index contributed by atoms with van der Waals surface area (Å²) in [6.07, 6.45) is -0.410. The standard InChI is InChI=1S/C24H25F2N3O3.C2HF3O2/c1-13(2)32-20-16(27-22(30)15-7-5-6-14(3)18(15)25)8-29-9-17(28-21(29)19(20)26)24-10-23(4,11-24)31-12-24;3-2(4,5)1(6)7/h5-9,13H,10-12H2,1-4H3,(H,27,30);(H,6,7). The molecule has 0 spiro atoms. The third kappa shape index (κ3) is 5.40. The molecule has 2 aromatic heterocycles. The number of benzene rings is 1. The van der Waals surface area contributed by atoms with Crippen LogP contribution in [-0.2, 0) is 14.9 Å².